The number of halogens is 1. The second-order valence-electron chi connectivity index (χ2n) is 4.97. The number of nitrogens with two attached hydrogens (primary N) is 1. The lowest BCUT2D eigenvalue weighted by Gasteiger charge is -2.16. The monoisotopic (exact) mass is 302 g/mol. The summed E-state index contributed by atoms with van der Waals surface area (Å²) in [5, 5.41) is 3.32. The van der Waals surface area contributed by atoms with Gasteiger partial charge in [-0.3, -0.25) is 4.79 Å². The van der Waals surface area contributed by atoms with Crippen LogP contribution in [0.5, 0.6) is 5.75 Å². The predicted molar refractivity (Wildman–Crippen MR) is 83.7 cm³/mol. The molecule has 2 aromatic rings. The third-order valence-electron chi connectivity index (χ3n) is 3.49. The number of nitrogens with one attached hydrogen (secondary N) is 1. The number of hydrogen-bond acceptors (Lipinski definition) is 3. The van der Waals surface area contributed by atoms with Gasteiger partial charge >= 0.3 is 0 Å². The van der Waals surface area contributed by atoms with Crippen molar-refractivity contribution < 1.29 is 9.53 Å². The van der Waals surface area contributed by atoms with E-state index in [1.165, 1.54) is 0 Å². The Morgan fingerprint density at radius 2 is 2.05 bits per heavy atom. The number of rotatable bonds is 2. The summed E-state index contributed by atoms with van der Waals surface area (Å²) < 4.78 is 5.76. The first-order valence-corrected chi connectivity index (χ1v) is 7.12. The molecule has 0 aromatic heterocycles. The Hall–Kier alpha value is -2.20. The van der Waals surface area contributed by atoms with Crippen molar-refractivity contribution in [1.29, 1.82) is 0 Å². The first-order chi connectivity index (χ1) is 10.1. The molecular weight excluding hydrogens is 288 g/mol. The quantitative estimate of drug-likeness (QED) is 0.837. The molecule has 4 nitrogen and oxygen atoms in total. The van der Waals surface area contributed by atoms with E-state index in [0.717, 1.165) is 17.7 Å². The van der Waals surface area contributed by atoms with Crippen LogP contribution in [0.25, 0.3) is 0 Å². The van der Waals surface area contributed by atoms with Gasteiger partial charge < -0.3 is 15.8 Å². The molecule has 1 aliphatic rings. The van der Waals surface area contributed by atoms with Crippen LogP contribution >= 0.6 is 11.6 Å². The van der Waals surface area contributed by atoms with Gasteiger partial charge in [0.2, 0.25) is 0 Å². The van der Waals surface area contributed by atoms with Gasteiger partial charge in [-0.15, -0.1) is 0 Å². The molecule has 0 aliphatic carbocycles. The Labute approximate surface area is 127 Å². The number of amides is 1. The molecule has 108 valence electrons. The third kappa shape index (κ3) is 2.95. The summed E-state index contributed by atoms with van der Waals surface area (Å²) in [6.07, 6.45) is 0.852. The number of para-hydroxylation sites is 1. The van der Waals surface area contributed by atoms with Crippen LogP contribution in [-0.4, -0.2) is 12.0 Å². The number of anilines is 2. The molecule has 0 saturated carbocycles. The maximum atomic E-state index is 12.2. The Morgan fingerprint density at radius 1 is 1.24 bits per heavy atom. The normalized spacial score (nSPS) is 17.6. The molecule has 1 amide bonds. The zero-order valence-corrected chi connectivity index (χ0v) is 12.1. The maximum Gasteiger partial charge on any atom is 0.265 e. The molecular formula is C16H15ClN2O2. The van der Waals surface area contributed by atoms with Crippen LogP contribution < -0.4 is 15.8 Å². The molecule has 2 aromatic carbocycles. The molecule has 21 heavy (non-hydrogen) atoms. The Balaban J connectivity index is 1.78. The zero-order valence-electron chi connectivity index (χ0n) is 11.3. The Morgan fingerprint density at radius 3 is 2.86 bits per heavy atom. The molecule has 0 fully saturated rings. The fourth-order valence-corrected chi connectivity index (χ4v) is 2.52. The van der Waals surface area contributed by atoms with E-state index in [2.05, 4.69) is 5.32 Å². The fourth-order valence-electron chi connectivity index (χ4n) is 2.35. The van der Waals surface area contributed by atoms with E-state index in [-0.39, 0.29) is 5.91 Å². The van der Waals surface area contributed by atoms with Gasteiger partial charge in [-0.05, 0) is 36.6 Å². The highest BCUT2D eigenvalue weighted by Crippen LogP contribution is 2.27. The van der Waals surface area contributed by atoms with Crippen molar-refractivity contribution in [3.63, 3.8) is 0 Å². The van der Waals surface area contributed by atoms with Crippen LogP contribution in [0.2, 0.25) is 5.02 Å². The van der Waals surface area contributed by atoms with Crippen molar-refractivity contribution in [1.82, 2.24) is 0 Å². The van der Waals surface area contributed by atoms with Gasteiger partial charge in [-0.25, -0.2) is 0 Å². The summed E-state index contributed by atoms with van der Waals surface area (Å²) in [5.41, 5.74) is 8.12. The van der Waals surface area contributed by atoms with Crippen LogP contribution in [0, 0.1) is 0 Å². The van der Waals surface area contributed by atoms with Crippen molar-refractivity contribution in [3.05, 3.63) is 53.1 Å². The minimum absolute atomic E-state index is 0.145. The predicted octanol–water partition coefficient (Wildman–Crippen LogP) is 3.25. The summed E-state index contributed by atoms with van der Waals surface area (Å²) in [4.78, 5) is 12.2. The SMILES string of the molecule is Nc1ccc(OC2CCc3ccccc3NC2=O)cc1Cl. The smallest absolute Gasteiger partial charge is 0.265 e. The standard InChI is InChI=1S/C16H15ClN2O2/c17-12-9-11(6-7-13(12)18)21-15-8-5-10-3-1-2-4-14(10)19-16(15)20/h1-4,6-7,9,15H,5,8,18H2,(H,19,20). The number of aryl methyl sites for hydroxylation is 1. The molecule has 1 aliphatic heterocycles. The number of carbonyl (C=O) groups excluding carboxylic acids is 1. The lowest BCUT2D eigenvalue weighted by molar-refractivity contribution is -0.122. The highest BCUT2D eigenvalue weighted by Gasteiger charge is 2.25. The summed E-state index contributed by atoms with van der Waals surface area (Å²) >= 11 is 5.97. The first kappa shape index (κ1) is 13.8. The molecule has 5 heteroatoms. The minimum Gasteiger partial charge on any atom is -0.481 e. The molecule has 1 unspecified atom stereocenters. The molecule has 1 atom stereocenters. The maximum absolute atomic E-state index is 12.2. The second kappa shape index (κ2) is 5.66. The molecule has 0 spiro atoms. The van der Waals surface area contributed by atoms with Crippen LogP contribution in [-0.2, 0) is 11.2 Å². The van der Waals surface area contributed by atoms with Crippen molar-refractivity contribution >= 4 is 28.9 Å². The van der Waals surface area contributed by atoms with Crippen LogP contribution in [0.4, 0.5) is 11.4 Å². The lowest BCUT2D eigenvalue weighted by Crippen LogP contribution is -2.31. The van der Waals surface area contributed by atoms with Gasteiger partial charge in [-0.1, -0.05) is 29.8 Å². The Kier molecular flexibility index (Phi) is 3.71. The number of carbonyl (C=O) groups is 1. The number of fused-ring (bicyclic) bond motifs is 1. The average Bonchev–Trinajstić information content (AvgIpc) is 2.63. The molecule has 3 N–H and O–H groups in total. The first-order valence-electron chi connectivity index (χ1n) is 6.74. The summed E-state index contributed by atoms with van der Waals surface area (Å²) in [7, 11) is 0. The third-order valence-corrected chi connectivity index (χ3v) is 3.82. The number of benzene rings is 2. The van der Waals surface area contributed by atoms with Gasteiger partial charge in [0.05, 0.1) is 10.7 Å². The highest BCUT2D eigenvalue weighted by molar-refractivity contribution is 6.33. The van der Waals surface area contributed by atoms with Crippen molar-refractivity contribution in [2.45, 2.75) is 18.9 Å². The number of ether oxygens (including phenoxy) is 1. The fraction of sp³-hybridized carbons (Fsp3) is 0.188. The largest absolute Gasteiger partial charge is 0.481 e. The highest BCUT2D eigenvalue weighted by atomic mass is 35.5. The van der Waals surface area contributed by atoms with Crippen LogP contribution in [0.15, 0.2) is 42.5 Å². The number of nitrogen functional groups attached to an aromatic ring is 1. The molecule has 0 saturated heterocycles. The average molecular weight is 303 g/mol. The van der Waals surface area contributed by atoms with Crippen molar-refractivity contribution in [3.8, 4) is 5.75 Å². The molecule has 0 radical (unpaired) electrons. The summed E-state index contributed by atoms with van der Waals surface area (Å²) in [6, 6.07) is 12.8. The van der Waals surface area contributed by atoms with E-state index in [4.69, 9.17) is 22.1 Å². The molecule has 1 heterocycles. The molecule has 3 rings (SSSR count). The summed E-state index contributed by atoms with van der Waals surface area (Å²) in [5.74, 6) is 0.396. The van der Waals surface area contributed by atoms with Gasteiger partial charge in [-0.2, -0.15) is 0 Å². The minimum atomic E-state index is -0.544. The van der Waals surface area contributed by atoms with Gasteiger partial charge in [0.15, 0.2) is 6.10 Å². The van der Waals surface area contributed by atoms with Gasteiger partial charge in [0, 0.05) is 11.8 Å². The van der Waals surface area contributed by atoms with E-state index in [1.807, 2.05) is 24.3 Å². The number of hydrogen-bond donors (Lipinski definition) is 2. The van der Waals surface area contributed by atoms with Crippen LogP contribution in [0.3, 0.4) is 0 Å². The topological polar surface area (TPSA) is 64.3 Å². The van der Waals surface area contributed by atoms with E-state index >= 15 is 0 Å². The van der Waals surface area contributed by atoms with Crippen LogP contribution in [0.1, 0.15) is 12.0 Å². The lowest BCUT2D eigenvalue weighted by atomic mass is 10.1. The second-order valence-corrected chi connectivity index (χ2v) is 5.38. The van der Waals surface area contributed by atoms with E-state index in [1.54, 1.807) is 18.2 Å². The van der Waals surface area contributed by atoms with Gasteiger partial charge in [0.25, 0.3) is 5.91 Å². The van der Waals surface area contributed by atoms with E-state index in [9.17, 15) is 4.79 Å². The van der Waals surface area contributed by atoms with Crippen molar-refractivity contribution in [2.75, 3.05) is 11.1 Å². The van der Waals surface area contributed by atoms with E-state index in [0.29, 0.717) is 22.9 Å². The summed E-state index contributed by atoms with van der Waals surface area (Å²) in [6.45, 7) is 0. The van der Waals surface area contributed by atoms with E-state index < -0.39 is 6.10 Å². The van der Waals surface area contributed by atoms with Gasteiger partial charge in [0.1, 0.15) is 5.75 Å². The Bertz CT molecular complexity index is 688. The molecule has 0 bridgehead atoms. The van der Waals surface area contributed by atoms with Crippen molar-refractivity contribution in [2.24, 2.45) is 0 Å². The zero-order chi connectivity index (χ0) is 14.8.